The topological polar surface area (TPSA) is 37.3 Å². The van der Waals surface area contributed by atoms with Gasteiger partial charge in [-0.3, -0.25) is 4.79 Å². The molecule has 0 heterocycles. The predicted octanol–water partition coefficient (Wildman–Crippen LogP) is 2.17. The lowest BCUT2D eigenvalue weighted by molar-refractivity contribution is -0.136. The van der Waals surface area contributed by atoms with Crippen molar-refractivity contribution in [3.63, 3.8) is 0 Å². The van der Waals surface area contributed by atoms with Crippen molar-refractivity contribution >= 4 is 18.6 Å². The van der Waals surface area contributed by atoms with Gasteiger partial charge in [0.25, 0.3) is 0 Å². The summed E-state index contributed by atoms with van der Waals surface area (Å²) in [6.07, 6.45) is 1.42. The van der Waals surface area contributed by atoms with Gasteiger partial charge in [-0.25, -0.2) is 0 Å². The molecule has 0 radical (unpaired) electrons. The van der Waals surface area contributed by atoms with Gasteiger partial charge in [0.2, 0.25) is 0 Å². The van der Waals surface area contributed by atoms with E-state index in [1.807, 2.05) is 24.3 Å². The first-order valence-electron chi connectivity index (χ1n) is 4.62. The van der Waals surface area contributed by atoms with Crippen LogP contribution in [0.15, 0.2) is 24.3 Å². The van der Waals surface area contributed by atoms with Gasteiger partial charge >= 0.3 is 5.97 Å². The Balaban J connectivity index is 2.80. The van der Waals surface area contributed by atoms with Gasteiger partial charge in [0.1, 0.15) is 5.25 Å². The highest BCUT2D eigenvalue weighted by atomic mass is 32.1. The fraction of sp³-hybridized carbons (Fsp3) is 0.364. The van der Waals surface area contributed by atoms with Gasteiger partial charge < -0.3 is 5.11 Å². The van der Waals surface area contributed by atoms with E-state index in [1.165, 1.54) is 5.56 Å². The smallest absolute Gasteiger partial charge is 0.316 e. The first-order valence-corrected chi connectivity index (χ1v) is 5.14. The summed E-state index contributed by atoms with van der Waals surface area (Å²) in [7, 11) is 0. The molecule has 0 amide bonds. The maximum absolute atomic E-state index is 10.6. The predicted molar refractivity (Wildman–Crippen MR) is 59.9 cm³/mol. The van der Waals surface area contributed by atoms with Gasteiger partial charge in [0, 0.05) is 0 Å². The third kappa shape index (κ3) is 2.77. The summed E-state index contributed by atoms with van der Waals surface area (Å²) in [6, 6.07) is 7.89. The molecule has 0 aliphatic rings. The molecule has 0 spiro atoms. The standard InChI is InChI=1S/C11H14O2S/c1-2-8-5-3-4-6-9(8)7-10(14)11(12)13/h3-6,10,14H,2,7H2,1H3,(H,12,13). The number of carboxylic acid groups (broad SMARTS) is 1. The quantitative estimate of drug-likeness (QED) is 0.747. The Bertz CT molecular complexity index is 323. The summed E-state index contributed by atoms with van der Waals surface area (Å²) < 4.78 is 0. The van der Waals surface area contributed by atoms with Crippen molar-refractivity contribution < 1.29 is 9.90 Å². The van der Waals surface area contributed by atoms with E-state index in [-0.39, 0.29) is 0 Å². The summed E-state index contributed by atoms with van der Waals surface area (Å²) in [4.78, 5) is 10.6. The van der Waals surface area contributed by atoms with Gasteiger partial charge in [-0.15, -0.1) is 0 Å². The van der Waals surface area contributed by atoms with Crippen LogP contribution in [0, 0.1) is 0 Å². The molecule has 14 heavy (non-hydrogen) atoms. The zero-order chi connectivity index (χ0) is 10.6. The number of thiol groups is 1. The Morgan fingerprint density at radius 3 is 2.50 bits per heavy atom. The van der Waals surface area contributed by atoms with Crippen molar-refractivity contribution in [3.05, 3.63) is 35.4 Å². The van der Waals surface area contributed by atoms with Crippen LogP contribution >= 0.6 is 12.6 Å². The molecule has 76 valence electrons. The fourth-order valence-corrected chi connectivity index (χ4v) is 1.59. The summed E-state index contributed by atoms with van der Waals surface area (Å²) >= 11 is 4.02. The van der Waals surface area contributed by atoms with Crippen LogP contribution < -0.4 is 0 Å². The molecule has 0 bridgehead atoms. The summed E-state index contributed by atoms with van der Waals surface area (Å²) in [5.74, 6) is -0.862. The molecule has 0 fully saturated rings. The van der Waals surface area contributed by atoms with Gasteiger partial charge in [-0.05, 0) is 24.0 Å². The molecule has 1 atom stereocenters. The molecule has 3 heteroatoms. The van der Waals surface area contributed by atoms with Gasteiger partial charge in [-0.2, -0.15) is 12.6 Å². The van der Waals surface area contributed by atoms with Crippen molar-refractivity contribution in [2.75, 3.05) is 0 Å². The van der Waals surface area contributed by atoms with E-state index < -0.39 is 11.2 Å². The molecular weight excluding hydrogens is 196 g/mol. The van der Waals surface area contributed by atoms with Crippen molar-refractivity contribution in [1.29, 1.82) is 0 Å². The first kappa shape index (κ1) is 11.1. The molecule has 0 saturated heterocycles. The molecule has 1 rings (SSSR count). The molecule has 2 nitrogen and oxygen atoms in total. The maximum atomic E-state index is 10.6. The van der Waals surface area contributed by atoms with Crippen molar-refractivity contribution in [1.82, 2.24) is 0 Å². The molecule has 1 unspecified atom stereocenters. The highest BCUT2D eigenvalue weighted by Crippen LogP contribution is 2.14. The number of rotatable bonds is 4. The molecule has 0 saturated carbocycles. The van der Waals surface area contributed by atoms with Crippen LogP contribution in [0.2, 0.25) is 0 Å². The molecular formula is C11H14O2S. The molecule has 0 aliphatic carbocycles. The first-order chi connectivity index (χ1) is 6.65. The number of aryl methyl sites for hydroxylation is 1. The van der Waals surface area contributed by atoms with Gasteiger partial charge in [0.05, 0.1) is 0 Å². The van der Waals surface area contributed by atoms with Crippen LogP contribution in [0.5, 0.6) is 0 Å². The Labute approximate surface area is 89.4 Å². The van der Waals surface area contributed by atoms with Crippen LogP contribution in [0.1, 0.15) is 18.1 Å². The van der Waals surface area contributed by atoms with Crippen LogP contribution in [-0.4, -0.2) is 16.3 Å². The number of carboxylic acids is 1. The zero-order valence-corrected chi connectivity index (χ0v) is 9.00. The average molecular weight is 210 g/mol. The molecule has 0 aliphatic heterocycles. The SMILES string of the molecule is CCc1ccccc1CC(S)C(=O)O. The van der Waals surface area contributed by atoms with E-state index in [0.717, 1.165) is 12.0 Å². The minimum absolute atomic E-state index is 0.489. The highest BCUT2D eigenvalue weighted by molar-refractivity contribution is 7.81. The highest BCUT2D eigenvalue weighted by Gasteiger charge is 2.13. The minimum atomic E-state index is -0.862. The molecule has 1 aromatic carbocycles. The average Bonchev–Trinajstić information content (AvgIpc) is 2.18. The number of hydrogen-bond acceptors (Lipinski definition) is 2. The van der Waals surface area contributed by atoms with E-state index >= 15 is 0 Å². The second-order valence-corrected chi connectivity index (χ2v) is 3.80. The van der Waals surface area contributed by atoms with Gasteiger partial charge in [0.15, 0.2) is 0 Å². The maximum Gasteiger partial charge on any atom is 0.316 e. The number of carbonyl (C=O) groups is 1. The minimum Gasteiger partial charge on any atom is -0.480 e. The summed E-state index contributed by atoms with van der Waals surface area (Å²) in [6.45, 7) is 2.06. The van der Waals surface area contributed by atoms with Crippen LogP contribution in [0.4, 0.5) is 0 Å². The lowest BCUT2D eigenvalue weighted by atomic mass is 10.0. The van der Waals surface area contributed by atoms with E-state index in [4.69, 9.17) is 5.11 Å². The fourth-order valence-electron chi connectivity index (χ4n) is 1.40. The van der Waals surface area contributed by atoms with Gasteiger partial charge in [-0.1, -0.05) is 31.2 Å². The van der Waals surface area contributed by atoms with Crippen molar-refractivity contribution in [3.8, 4) is 0 Å². The molecule has 1 N–H and O–H groups in total. The second kappa shape index (κ2) is 5.05. The lowest BCUT2D eigenvalue weighted by Gasteiger charge is -2.09. The van der Waals surface area contributed by atoms with Crippen molar-refractivity contribution in [2.45, 2.75) is 25.0 Å². The number of aliphatic carboxylic acids is 1. The van der Waals surface area contributed by atoms with E-state index in [0.29, 0.717) is 6.42 Å². The number of benzene rings is 1. The number of hydrogen-bond donors (Lipinski definition) is 2. The van der Waals surface area contributed by atoms with Crippen LogP contribution in [0.3, 0.4) is 0 Å². The lowest BCUT2D eigenvalue weighted by Crippen LogP contribution is -2.16. The molecule has 1 aromatic rings. The Hall–Kier alpha value is -0.960. The van der Waals surface area contributed by atoms with E-state index in [9.17, 15) is 4.79 Å². The van der Waals surface area contributed by atoms with E-state index in [2.05, 4.69) is 19.6 Å². The largest absolute Gasteiger partial charge is 0.480 e. The molecule has 0 aromatic heterocycles. The normalized spacial score (nSPS) is 12.4. The zero-order valence-electron chi connectivity index (χ0n) is 8.10. The third-order valence-electron chi connectivity index (χ3n) is 2.20. The Kier molecular flexibility index (Phi) is 4.01. The summed E-state index contributed by atoms with van der Waals surface area (Å²) in [5.41, 5.74) is 2.28. The summed E-state index contributed by atoms with van der Waals surface area (Å²) in [5, 5.41) is 8.12. The monoisotopic (exact) mass is 210 g/mol. The Morgan fingerprint density at radius 2 is 2.00 bits per heavy atom. The van der Waals surface area contributed by atoms with Crippen LogP contribution in [0.25, 0.3) is 0 Å². The Morgan fingerprint density at radius 1 is 1.43 bits per heavy atom. The third-order valence-corrected chi connectivity index (χ3v) is 2.60. The van der Waals surface area contributed by atoms with Crippen molar-refractivity contribution in [2.24, 2.45) is 0 Å². The second-order valence-electron chi connectivity index (χ2n) is 3.18. The van der Waals surface area contributed by atoms with E-state index in [1.54, 1.807) is 0 Å². The van der Waals surface area contributed by atoms with Crippen LogP contribution in [-0.2, 0) is 17.6 Å².